The lowest BCUT2D eigenvalue weighted by Gasteiger charge is -2.27. The highest BCUT2D eigenvalue weighted by Gasteiger charge is 2.17. The molecule has 1 aromatic heterocycles. The van der Waals surface area contributed by atoms with Gasteiger partial charge in [0.05, 0.1) is 12.7 Å². The van der Waals surface area contributed by atoms with Gasteiger partial charge in [-0.25, -0.2) is 4.98 Å². The van der Waals surface area contributed by atoms with Crippen LogP contribution in [0.1, 0.15) is 29.8 Å². The van der Waals surface area contributed by atoms with E-state index >= 15 is 0 Å². The molecule has 106 valence electrons. The molecule has 19 heavy (non-hydrogen) atoms. The molecule has 1 aliphatic heterocycles. The number of carbonyl (C=O) groups excluding carboxylic acids is 1. The van der Waals surface area contributed by atoms with Crippen LogP contribution in [0.15, 0.2) is 18.6 Å². The SMILES string of the molecule is CN(CC(=O)c1cnccn1)CC1CCCCN1.Cl. The fraction of sp³-hybridized carbons (Fsp3) is 0.615. The molecule has 1 fully saturated rings. The number of carbonyl (C=O) groups is 1. The van der Waals surface area contributed by atoms with E-state index in [2.05, 4.69) is 20.2 Å². The lowest BCUT2D eigenvalue weighted by Crippen LogP contribution is -2.43. The molecule has 1 atom stereocenters. The summed E-state index contributed by atoms with van der Waals surface area (Å²) < 4.78 is 0. The van der Waals surface area contributed by atoms with Crippen molar-refractivity contribution in [1.29, 1.82) is 0 Å². The van der Waals surface area contributed by atoms with Crippen molar-refractivity contribution >= 4 is 18.2 Å². The summed E-state index contributed by atoms with van der Waals surface area (Å²) >= 11 is 0. The van der Waals surface area contributed by atoms with Crippen LogP contribution in [0.2, 0.25) is 0 Å². The van der Waals surface area contributed by atoms with Crippen molar-refractivity contribution in [3.8, 4) is 0 Å². The Morgan fingerprint density at radius 1 is 1.47 bits per heavy atom. The maximum atomic E-state index is 11.9. The van der Waals surface area contributed by atoms with Crippen molar-refractivity contribution in [3.63, 3.8) is 0 Å². The Kier molecular flexibility index (Phi) is 6.91. The molecule has 0 bridgehead atoms. The van der Waals surface area contributed by atoms with Gasteiger partial charge in [0.25, 0.3) is 0 Å². The molecule has 0 aliphatic carbocycles. The summed E-state index contributed by atoms with van der Waals surface area (Å²) in [5, 5.41) is 3.48. The first-order valence-electron chi connectivity index (χ1n) is 6.47. The largest absolute Gasteiger partial charge is 0.313 e. The number of hydrogen-bond acceptors (Lipinski definition) is 5. The quantitative estimate of drug-likeness (QED) is 0.822. The highest BCUT2D eigenvalue weighted by atomic mass is 35.5. The third-order valence-electron chi connectivity index (χ3n) is 3.21. The van der Waals surface area contributed by atoms with Gasteiger partial charge >= 0.3 is 0 Å². The van der Waals surface area contributed by atoms with Gasteiger partial charge in [-0.05, 0) is 26.4 Å². The minimum absolute atomic E-state index is 0. The van der Waals surface area contributed by atoms with Gasteiger partial charge in [0.2, 0.25) is 0 Å². The average Bonchev–Trinajstić information content (AvgIpc) is 2.40. The molecule has 0 aromatic carbocycles. The Morgan fingerprint density at radius 2 is 2.32 bits per heavy atom. The first kappa shape index (κ1) is 16.0. The van der Waals surface area contributed by atoms with Gasteiger partial charge in [-0.1, -0.05) is 6.42 Å². The molecule has 2 heterocycles. The summed E-state index contributed by atoms with van der Waals surface area (Å²) in [4.78, 5) is 21.9. The van der Waals surface area contributed by atoms with E-state index in [1.54, 1.807) is 12.4 Å². The molecule has 5 nitrogen and oxygen atoms in total. The molecule has 1 N–H and O–H groups in total. The number of aromatic nitrogens is 2. The number of piperidine rings is 1. The van der Waals surface area contributed by atoms with Gasteiger partial charge in [0.1, 0.15) is 5.69 Å². The van der Waals surface area contributed by atoms with Gasteiger partial charge < -0.3 is 5.32 Å². The van der Waals surface area contributed by atoms with Crippen LogP contribution < -0.4 is 5.32 Å². The second-order valence-electron chi connectivity index (χ2n) is 4.86. The van der Waals surface area contributed by atoms with E-state index in [9.17, 15) is 4.79 Å². The normalized spacial score (nSPS) is 18.9. The maximum absolute atomic E-state index is 11.9. The Balaban J connectivity index is 0.00000180. The molecule has 0 radical (unpaired) electrons. The van der Waals surface area contributed by atoms with E-state index in [1.165, 1.54) is 25.5 Å². The first-order chi connectivity index (χ1) is 8.75. The smallest absolute Gasteiger partial charge is 0.196 e. The third kappa shape index (κ3) is 5.22. The Morgan fingerprint density at radius 3 is 2.95 bits per heavy atom. The molecule has 6 heteroatoms. The predicted molar refractivity (Wildman–Crippen MR) is 76.7 cm³/mol. The summed E-state index contributed by atoms with van der Waals surface area (Å²) in [6, 6.07) is 0.512. The van der Waals surface area contributed by atoms with Crippen molar-refractivity contribution in [2.45, 2.75) is 25.3 Å². The van der Waals surface area contributed by atoms with Crippen LogP contribution in [0.3, 0.4) is 0 Å². The molecule has 2 rings (SSSR count). The number of ketones is 1. The minimum Gasteiger partial charge on any atom is -0.313 e. The van der Waals surface area contributed by atoms with Crippen LogP contribution >= 0.6 is 12.4 Å². The lowest BCUT2D eigenvalue weighted by atomic mass is 10.0. The van der Waals surface area contributed by atoms with Crippen LogP contribution in [-0.2, 0) is 0 Å². The molecule has 0 saturated carbocycles. The zero-order valence-electron chi connectivity index (χ0n) is 11.2. The number of hydrogen-bond donors (Lipinski definition) is 1. The van der Waals surface area contributed by atoms with E-state index in [0.717, 1.165) is 13.1 Å². The predicted octanol–water partition coefficient (Wildman–Crippen LogP) is 1.15. The number of rotatable bonds is 5. The van der Waals surface area contributed by atoms with Crippen molar-refractivity contribution in [2.75, 3.05) is 26.7 Å². The van der Waals surface area contributed by atoms with Crippen molar-refractivity contribution in [3.05, 3.63) is 24.3 Å². The Hall–Kier alpha value is -1.04. The highest BCUT2D eigenvalue weighted by Crippen LogP contribution is 2.08. The maximum Gasteiger partial charge on any atom is 0.196 e. The number of likely N-dealkylation sites (N-methyl/N-ethyl adjacent to an activating group) is 1. The van der Waals surface area contributed by atoms with E-state index < -0.39 is 0 Å². The molecule has 0 spiro atoms. The van der Waals surface area contributed by atoms with Crippen LogP contribution in [0.4, 0.5) is 0 Å². The summed E-state index contributed by atoms with van der Waals surface area (Å²) in [5.41, 5.74) is 0.445. The summed E-state index contributed by atoms with van der Waals surface area (Å²) in [7, 11) is 1.98. The zero-order chi connectivity index (χ0) is 12.8. The molecule has 0 amide bonds. The number of nitrogens with one attached hydrogen (secondary N) is 1. The number of halogens is 1. The Labute approximate surface area is 120 Å². The van der Waals surface area contributed by atoms with Crippen molar-refractivity contribution in [1.82, 2.24) is 20.2 Å². The van der Waals surface area contributed by atoms with E-state index in [4.69, 9.17) is 0 Å². The van der Waals surface area contributed by atoms with Gasteiger partial charge in [0.15, 0.2) is 5.78 Å². The van der Waals surface area contributed by atoms with Gasteiger partial charge in [-0.2, -0.15) is 0 Å². The molecular formula is C13H21ClN4O. The molecular weight excluding hydrogens is 264 g/mol. The fourth-order valence-corrected chi connectivity index (χ4v) is 2.29. The number of nitrogens with zero attached hydrogens (tertiary/aromatic N) is 3. The summed E-state index contributed by atoms with van der Waals surface area (Å²) in [5.74, 6) is 0.0291. The topological polar surface area (TPSA) is 58.1 Å². The van der Waals surface area contributed by atoms with Gasteiger partial charge in [-0.15, -0.1) is 12.4 Å². The summed E-state index contributed by atoms with van der Waals surface area (Å²) in [6.07, 6.45) is 8.39. The fourth-order valence-electron chi connectivity index (χ4n) is 2.29. The summed E-state index contributed by atoms with van der Waals surface area (Å²) in [6.45, 7) is 2.40. The number of Topliss-reactive ketones (excluding diaryl/α,β-unsaturated/α-hetero) is 1. The Bertz CT molecular complexity index is 381. The molecule has 1 aromatic rings. The standard InChI is InChI=1S/C13H20N4O.ClH/c1-17(9-11-4-2-3-5-15-11)10-13(18)12-8-14-6-7-16-12;/h6-8,11,15H,2-5,9-10H2,1H3;1H. The third-order valence-corrected chi connectivity index (χ3v) is 3.21. The first-order valence-corrected chi connectivity index (χ1v) is 6.47. The molecule has 1 unspecified atom stereocenters. The van der Waals surface area contributed by atoms with Crippen molar-refractivity contribution in [2.24, 2.45) is 0 Å². The zero-order valence-corrected chi connectivity index (χ0v) is 12.0. The second-order valence-corrected chi connectivity index (χ2v) is 4.86. The van der Waals surface area contributed by atoms with E-state index in [0.29, 0.717) is 18.3 Å². The van der Waals surface area contributed by atoms with Gasteiger partial charge in [0, 0.05) is 25.0 Å². The van der Waals surface area contributed by atoms with Crippen LogP contribution in [0.25, 0.3) is 0 Å². The van der Waals surface area contributed by atoms with Crippen LogP contribution in [0, 0.1) is 0 Å². The monoisotopic (exact) mass is 284 g/mol. The van der Waals surface area contributed by atoms with E-state index in [-0.39, 0.29) is 18.2 Å². The second kappa shape index (κ2) is 8.19. The van der Waals surface area contributed by atoms with Crippen LogP contribution in [-0.4, -0.2) is 53.4 Å². The average molecular weight is 285 g/mol. The minimum atomic E-state index is 0. The van der Waals surface area contributed by atoms with Crippen molar-refractivity contribution < 1.29 is 4.79 Å². The van der Waals surface area contributed by atoms with E-state index in [1.807, 2.05) is 7.05 Å². The molecule has 1 saturated heterocycles. The van der Waals surface area contributed by atoms with Gasteiger partial charge in [-0.3, -0.25) is 14.7 Å². The molecule has 1 aliphatic rings. The lowest BCUT2D eigenvalue weighted by molar-refractivity contribution is 0.0933. The van der Waals surface area contributed by atoms with Crippen LogP contribution in [0.5, 0.6) is 0 Å². The highest BCUT2D eigenvalue weighted by molar-refractivity contribution is 5.95.